The van der Waals surface area contributed by atoms with E-state index in [9.17, 15) is 13.2 Å². The van der Waals surface area contributed by atoms with Gasteiger partial charge in [-0.05, 0) is 50.8 Å². The molecule has 0 fully saturated rings. The average Bonchev–Trinajstić information content (AvgIpc) is 2.59. The van der Waals surface area contributed by atoms with Gasteiger partial charge >= 0.3 is 5.97 Å². The Hall–Kier alpha value is -1.56. The lowest BCUT2D eigenvalue weighted by Gasteiger charge is -2.08. The van der Waals surface area contributed by atoms with E-state index in [4.69, 9.17) is 4.74 Å². The molecule has 0 N–H and O–H groups in total. The third kappa shape index (κ3) is 8.91. The minimum atomic E-state index is -2.90. The van der Waals surface area contributed by atoms with Crippen molar-refractivity contribution in [1.29, 1.82) is 0 Å². The molecule has 0 atom stereocenters. The maximum absolute atomic E-state index is 11.7. The monoisotopic (exact) mass is 370 g/mol. The molecule has 0 aliphatic rings. The standard InChI is InChI=1S/C19H30O5S/c1-16(2)25(21,22)13-8-6-4-5-7-10-17-11-9-12-18(14-17)24-15-19(20)23-3/h9,11-12,14,16H,4-8,10,13,15H2,1-3H3. The summed E-state index contributed by atoms with van der Waals surface area (Å²) < 4.78 is 33.3. The molecule has 6 heteroatoms. The number of methoxy groups -OCH3 is 1. The van der Waals surface area contributed by atoms with Gasteiger partial charge in [-0.3, -0.25) is 0 Å². The van der Waals surface area contributed by atoms with Gasteiger partial charge in [-0.25, -0.2) is 13.2 Å². The molecule has 0 saturated carbocycles. The number of benzene rings is 1. The number of unbranched alkanes of at least 4 members (excludes halogenated alkanes) is 4. The second kappa shape index (κ2) is 11.1. The van der Waals surface area contributed by atoms with E-state index in [0.717, 1.165) is 38.5 Å². The summed E-state index contributed by atoms with van der Waals surface area (Å²) in [6.45, 7) is 3.38. The number of hydrogen-bond acceptors (Lipinski definition) is 5. The number of esters is 1. The maximum Gasteiger partial charge on any atom is 0.343 e. The van der Waals surface area contributed by atoms with E-state index in [2.05, 4.69) is 4.74 Å². The summed E-state index contributed by atoms with van der Waals surface area (Å²) in [5.41, 5.74) is 1.17. The number of carbonyl (C=O) groups excluding carboxylic acids is 1. The molecular formula is C19H30O5S. The topological polar surface area (TPSA) is 69.7 Å². The first-order chi connectivity index (χ1) is 11.8. The van der Waals surface area contributed by atoms with Crippen LogP contribution in [0.5, 0.6) is 5.75 Å². The van der Waals surface area contributed by atoms with E-state index in [0.29, 0.717) is 11.5 Å². The third-order valence-electron chi connectivity index (χ3n) is 4.10. The summed E-state index contributed by atoms with van der Waals surface area (Å²) in [7, 11) is -1.57. The molecule has 0 bridgehead atoms. The van der Waals surface area contributed by atoms with Crippen molar-refractivity contribution >= 4 is 15.8 Å². The normalized spacial score (nSPS) is 11.5. The number of carbonyl (C=O) groups is 1. The van der Waals surface area contributed by atoms with Crippen LogP contribution in [-0.4, -0.2) is 39.1 Å². The predicted molar refractivity (Wildman–Crippen MR) is 99.7 cm³/mol. The van der Waals surface area contributed by atoms with Gasteiger partial charge in [0.1, 0.15) is 5.75 Å². The summed E-state index contributed by atoms with van der Waals surface area (Å²) in [4.78, 5) is 11.1. The molecule has 0 radical (unpaired) electrons. The van der Waals surface area contributed by atoms with Crippen LogP contribution >= 0.6 is 0 Å². The number of sulfone groups is 1. The fourth-order valence-corrected chi connectivity index (χ4v) is 3.47. The van der Waals surface area contributed by atoms with Gasteiger partial charge in [0, 0.05) is 0 Å². The van der Waals surface area contributed by atoms with Crippen molar-refractivity contribution in [2.24, 2.45) is 0 Å². The van der Waals surface area contributed by atoms with Crippen LogP contribution in [-0.2, 0) is 25.8 Å². The van der Waals surface area contributed by atoms with Gasteiger partial charge in [-0.2, -0.15) is 0 Å². The molecular weight excluding hydrogens is 340 g/mol. The smallest absolute Gasteiger partial charge is 0.343 e. The van der Waals surface area contributed by atoms with Gasteiger partial charge in [0.05, 0.1) is 18.1 Å². The second-order valence-electron chi connectivity index (χ2n) is 6.45. The molecule has 0 aliphatic carbocycles. The Morgan fingerprint density at radius 3 is 2.44 bits per heavy atom. The molecule has 0 aromatic heterocycles. The Bertz CT molecular complexity index is 622. The van der Waals surface area contributed by atoms with E-state index in [1.807, 2.05) is 24.3 Å². The summed E-state index contributed by atoms with van der Waals surface area (Å²) in [5, 5.41) is -0.277. The summed E-state index contributed by atoms with van der Waals surface area (Å²) in [5.74, 6) is 0.566. The van der Waals surface area contributed by atoms with Gasteiger partial charge in [0.15, 0.2) is 16.4 Å². The predicted octanol–water partition coefficient (Wildman–Crippen LogP) is 3.55. The molecule has 1 aromatic carbocycles. The van der Waals surface area contributed by atoms with Crippen molar-refractivity contribution in [2.75, 3.05) is 19.5 Å². The van der Waals surface area contributed by atoms with Crippen molar-refractivity contribution in [3.63, 3.8) is 0 Å². The zero-order valence-electron chi connectivity index (χ0n) is 15.5. The maximum atomic E-state index is 11.7. The lowest BCUT2D eigenvalue weighted by molar-refractivity contribution is -0.142. The molecule has 0 unspecified atom stereocenters. The van der Waals surface area contributed by atoms with E-state index < -0.39 is 15.8 Å². The summed E-state index contributed by atoms with van der Waals surface area (Å²) in [6, 6.07) is 7.72. The largest absolute Gasteiger partial charge is 0.482 e. The first-order valence-electron chi connectivity index (χ1n) is 8.85. The van der Waals surface area contributed by atoms with E-state index in [-0.39, 0.29) is 11.9 Å². The second-order valence-corrected chi connectivity index (χ2v) is 9.12. The highest BCUT2D eigenvalue weighted by molar-refractivity contribution is 7.91. The zero-order chi connectivity index (χ0) is 18.7. The average molecular weight is 371 g/mol. The SMILES string of the molecule is COC(=O)COc1cccc(CCCCCCCS(=O)(=O)C(C)C)c1. The van der Waals surface area contributed by atoms with Gasteiger partial charge in [0.2, 0.25) is 0 Å². The molecule has 0 saturated heterocycles. The van der Waals surface area contributed by atoms with Crippen LogP contribution in [0.4, 0.5) is 0 Å². The minimum absolute atomic E-state index is 0.0841. The van der Waals surface area contributed by atoms with Crippen molar-refractivity contribution in [3.8, 4) is 5.75 Å². The number of aryl methyl sites for hydroxylation is 1. The number of hydrogen-bond donors (Lipinski definition) is 0. The fourth-order valence-electron chi connectivity index (χ4n) is 2.39. The molecule has 0 amide bonds. The van der Waals surface area contributed by atoms with Crippen molar-refractivity contribution in [3.05, 3.63) is 29.8 Å². The van der Waals surface area contributed by atoms with Crippen molar-refractivity contribution < 1.29 is 22.7 Å². The first kappa shape index (κ1) is 21.5. The minimum Gasteiger partial charge on any atom is -0.482 e. The zero-order valence-corrected chi connectivity index (χ0v) is 16.3. The Morgan fingerprint density at radius 1 is 1.08 bits per heavy atom. The first-order valence-corrected chi connectivity index (χ1v) is 10.6. The lowest BCUT2D eigenvalue weighted by atomic mass is 10.1. The molecule has 25 heavy (non-hydrogen) atoms. The third-order valence-corrected chi connectivity index (χ3v) is 6.39. The molecule has 0 heterocycles. The molecule has 1 aromatic rings. The van der Waals surface area contributed by atoms with Crippen LogP contribution in [0.2, 0.25) is 0 Å². The molecule has 142 valence electrons. The highest BCUT2D eigenvalue weighted by Gasteiger charge is 2.14. The van der Waals surface area contributed by atoms with Gasteiger partial charge in [-0.1, -0.05) is 31.4 Å². The summed E-state index contributed by atoms with van der Waals surface area (Å²) >= 11 is 0. The van der Waals surface area contributed by atoms with Crippen LogP contribution in [0.25, 0.3) is 0 Å². The van der Waals surface area contributed by atoms with Crippen LogP contribution in [0.3, 0.4) is 0 Å². The molecule has 1 rings (SSSR count). The Morgan fingerprint density at radius 2 is 1.76 bits per heavy atom. The quantitative estimate of drug-likeness (QED) is 0.416. The van der Waals surface area contributed by atoms with Gasteiger partial charge in [0.25, 0.3) is 0 Å². The highest BCUT2D eigenvalue weighted by atomic mass is 32.2. The van der Waals surface area contributed by atoms with Crippen molar-refractivity contribution in [1.82, 2.24) is 0 Å². The van der Waals surface area contributed by atoms with Crippen LogP contribution in [0.15, 0.2) is 24.3 Å². The Kier molecular flexibility index (Phi) is 9.57. The van der Waals surface area contributed by atoms with Crippen LogP contribution in [0, 0.1) is 0 Å². The Labute approximate surface area is 151 Å². The molecule has 0 spiro atoms. The van der Waals surface area contributed by atoms with Gasteiger partial charge < -0.3 is 9.47 Å². The van der Waals surface area contributed by atoms with Crippen LogP contribution < -0.4 is 4.74 Å². The molecule has 0 aliphatic heterocycles. The van der Waals surface area contributed by atoms with Gasteiger partial charge in [-0.15, -0.1) is 0 Å². The summed E-state index contributed by atoms with van der Waals surface area (Å²) in [6.07, 6.45) is 5.82. The van der Waals surface area contributed by atoms with E-state index >= 15 is 0 Å². The van der Waals surface area contributed by atoms with E-state index in [1.54, 1.807) is 13.8 Å². The molecule has 5 nitrogen and oxygen atoms in total. The van der Waals surface area contributed by atoms with Crippen molar-refractivity contribution in [2.45, 2.75) is 57.6 Å². The van der Waals surface area contributed by atoms with E-state index in [1.165, 1.54) is 12.7 Å². The lowest BCUT2D eigenvalue weighted by Crippen LogP contribution is -2.17. The highest BCUT2D eigenvalue weighted by Crippen LogP contribution is 2.16. The number of rotatable bonds is 12. The Balaban J connectivity index is 2.21. The van der Waals surface area contributed by atoms with Crippen LogP contribution in [0.1, 0.15) is 51.5 Å². The fraction of sp³-hybridized carbons (Fsp3) is 0.632. The number of ether oxygens (including phenoxy) is 2.